The molecule has 0 radical (unpaired) electrons. The van der Waals surface area contributed by atoms with Gasteiger partial charge in [-0.05, 0) is 25.3 Å². The summed E-state index contributed by atoms with van der Waals surface area (Å²) in [6.07, 6.45) is 1.99. The van der Waals surface area contributed by atoms with E-state index in [0.29, 0.717) is 11.5 Å². The van der Waals surface area contributed by atoms with Crippen molar-refractivity contribution in [3.63, 3.8) is 0 Å². The summed E-state index contributed by atoms with van der Waals surface area (Å²) in [5.41, 5.74) is 1.72. The zero-order valence-electron chi connectivity index (χ0n) is 13.2. The molecule has 1 unspecified atom stereocenters. The third-order valence-electron chi connectivity index (χ3n) is 5.09. The van der Waals surface area contributed by atoms with Crippen molar-refractivity contribution in [3.8, 4) is 0 Å². The predicted octanol–water partition coefficient (Wildman–Crippen LogP) is 2.98. The second-order valence-corrected chi connectivity index (χ2v) is 6.54. The first kappa shape index (κ1) is 14.5. The van der Waals surface area contributed by atoms with E-state index in [0.717, 1.165) is 32.6 Å². The molecule has 1 aromatic carbocycles. The standard InChI is InChI=1S/C18H20N2O3/c1-13-11-15(19-23-13)17(21)20-12-18(7-9-22-10-8-18)16(20)14-5-3-2-4-6-14/h2-6,11,16H,7-10,12H2,1H3. The van der Waals surface area contributed by atoms with Crippen LogP contribution in [0.1, 0.15) is 40.7 Å². The minimum atomic E-state index is -0.0483. The highest BCUT2D eigenvalue weighted by molar-refractivity contribution is 5.93. The van der Waals surface area contributed by atoms with Gasteiger partial charge in [0.05, 0.1) is 6.04 Å². The van der Waals surface area contributed by atoms with Gasteiger partial charge in [0.15, 0.2) is 5.69 Å². The molecule has 1 aromatic heterocycles. The number of carbonyl (C=O) groups excluding carboxylic acids is 1. The number of amides is 1. The van der Waals surface area contributed by atoms with E-state index in [1.165, 1.54) is 5.56 Å². The molecule has 2 aliphatic rings. The molecular formula is C18H20N2O3. The zero-order chi connectivity index (χ0) is 15.9. The van der Waals surface area contributed by atoms with Crippen LogP contribution in [-0.2, 0) is 4.74 Å². The Labute approximate surface area is 135 Å². The van der Waals surface area contributed by atoms with E-state index < -0.39 is 0 Å². The quantitative estimate of drug-likeness (QED) is 0.855. The van der Waals surface area contributed by atoms with Crippen LogP contribution in [-0.4, -0.2) is 35.7 Å². The second-order valence-electron chi connectivity index (χ2n) is 6.54. The van der Waals surface area contributed by atoms with Crippen molar-refractivity contribution in [3.05, 3.63) is 53.4 Å². The Morgan fingerprint density at radius 1 is 1.26 bits per heavy atom. The van der Waals surface area contributed by atoms with Crippen LogP contribution in [0.4, 0.5) is 0 Å². The molecule has 0 N–H and O–H groups in total. The number of carbonyl (C=O) groups is 1. The first-order valence-corrected chi connectivity index (χ1v) is 8.07. The number of likely N-dealkylation sites (tertiary alicyclic amines) is 1. The molecule has 2 aromatic rings. The minimum Gasteiger partial charge on any atom is -0.381 e. The molecule has 1 spiro atoms. The van der Waals surface area contributed by atoms with E-state index in [2.05, 4.69) is 17.3 Å². The van der Waals surface area contributed by atoms with Crippen molar-refractivity contribution in [1.29, 1.82) is 0 Å². The smallest absolute Gasteiger partial charge is 0.276 e. The van der Waals surface area contributed by atoms with Crippen molar-refractivity contribution >= 4 is 5.91 Å². The van der Waals surface area contributed by atoms with Gasteiger partial charge in [-0.1, -0.05) is 35.5 Å². The van der Waals surface area contributed by atoms with Crippen molar-refractivity contribution in [2.45, 2.75) is 25.8 Å². The first-order valence-electron chi connectivity index (χ1n) is 8.07. The van der Waals surface area contributed by atoms with Crippen LogP contribution in [0.25, 0.3) is 0 Å². The third kappa shape index (κ3) is 2.36. The molecule has 1 amide bonds. The summed E-state index contributed by atoms with van der Waals surface area (Å²) in [5.74, 6) is 0.610. The van der Waals surface area contributed by atoms with Gasteiger partial charge in [0.1, 0.15) is 5.76 Å². The second kappa shape index (κ2) is 5.49. The molecular weight excluding hydrogens is 292 g/mol. The van der Waals surface area contributed by atoms with E-state index in [-0.39, 0.29) is 17.4 Å². The fraction of sp³-hybridized carbons (Fsp3) is 0.444. The maximum atomic E-state index is 12.8. The molecule has 2 fully saturated rings. The molecule has 5 nitrogen and oxygen atoms in total. The lowest BCUT2D eigenvalue weighted by Crippen LogP contribution is -2.62. The Morgan fingerprint density at radius 3 is 2.65 bits per heavy atom. The van der Waals surface area contributed by atoms with Gasteiger partial charge < -0.3 is 14.2 Å². The Balaban J connectivity index is 1.66. The number of aromatic nitrogens is 1. The fourth-order valence-corrected chi connectivity index (χ4v) is 3.92. The van der Waals surface area contributed by atoms with Gasteiger partial charge >= 0.3 is 0 Å². The van der Waals surface area contributed by atoms with Gasteiger partial charge in [0.25, 0.3) is 5.91 Å². The van der Waals surface area contributed by atoms with Crippen molar-refractivity contribution in [1.82, 2.24) is 10.1 Å². The number of aryl methyl sites for hydroxylation is 1. The summed E-state index contributed by atoms with van der Waals surface area (Å²) >= 11 is 0. The average Bonchev–Trinajstić information content (AvgIpc) is 3.00. The van der Waals surface area contributed by atoms with E-state index in [1.54, 1.807) is 13.0 Å². The topological polar surface area (TPSA) is 55.6 Å². The van der Waals surface area contributed by atoms with Crippen LogP contribution >= 0.6 is 0 Å². The molecule has 120 valence electrons. The molecule has 0 aliphatic carbocycles. The summed E-state index contributed by atoms with van der Waals surface area (Å²) < 4.78 is 10.6. The lowest BCUT2D eigenvalue weighted by Gasteiger charge is -2.59. The number of ether oxygens (including phenoxy) is 1. The monoisotopic (exact) mass is 312 g/mol. The van der Waals surface area contributed by atoms with Crippen LogP contribution < -0.4 is 0 Å². The number of nitrogens with zero attached hydrogens (tertiary/aromatic N) is 2. The highest BCUT2D eigenvalue weighted by Gasteiger charge is 2.55. The normalized spacial score (nSPS) is 22.8. The van der Waals surface area contributed by atoms with Gasteiger partial charge in [0, 0.05) is 31.2 Å². The number of hydrogen-bond acceptors (Lipinski definition) is 4. The van der Waals surface area contributed by atoms with Gasteiger partial charge in [-0.25, -0.2) is 0 Å². The molecule has 0 saturated carbocycles. The van der Waals surface area contributed by atoms with Crippen molar-refractivity contribution < 1.29 is 14.1 Å². The SMILES string of the molecule is Cc1cc(C(=O)N2CC3(CCOCC3)C2c2ccccc2)no1. The number of rotatable bonds is 2. The summed E-state index contributed by atoms with van der Waals surface area (Å²) in [6.45, 7) is 4.11. The Kier molecular flexibility index (Phi) is 3.45. The molecule has 3 heterocycles. The lowest BCUT2D eigenvalue weighted by atomic mass is 9.64. The van der Waals surface area contributed by atoms with Gasteiger partial charge in [-0.15, -0.1) is 0 Å². The van der Waals surface area contributed by atoms with E-state index in [9.17, 15) is 4.79 Å². The van der Waals surface area contributed by atoms with Crippen LogP contribution in [0.2, 0.25) is 0 Å². The highest BCUT2D eigenvalue weighted by atomic mass is 16.5. The van der Waals surface area contributed by atoms with Crippen LogP contribution in [0.5, 0.6) is 0 Å². The van der Waals surface area contributed by atoms with Crippen molar-refractivity contribution in [2.75, 3.05) is 19.8 Å². The molecule has 5 heteroatoms. The average molecular weight is 312 g/mol. The van der Waals surface area contributed by atoms with Gasteiger partial charge in [-0.2, -0.15) is 0 Å². The summed E-state index contributed by atoms with van der Waals surface area (Å²) in [4.78, 5) is 14.8. The van der Waals surface area contributed by atoms with E-state index in [4.69, 9.17) is 9.26 Å². The minimum absolute atomic E-state index is 0.0483. The molecule has 2 saturated heterocycles. The summed E-state index contributed by atoms with van der Waals surface area (Å²) in [6, 6.07) is 12.1. The number of benzene rings is 1. The predicted molar refractivity (Wildman–Crippen MR) is 83.9 cm³/mol. The van der Waals surface area contributed by atoms with Crippen molar-refractivity contribution in [2.24, 2.45) is 5.41 Å². The Hall–Kier alpha value is -2.14. The van der Waals surface area contributed by atoms with Crippen LogP contribution in [0.15, 0.2) is 40.9 Å². The summed E-state index contributed by atoms with van der Waals surface area (Å²) in [7, 11) is 0. The van der Waals surface area contributed by atoms with Crippen LogP contribution in [0, 0.1) is 12.3 Å². The maximum Gasteiger partial charge on any atom is 0.276 e. The van der Waals surface area contributed by atoms with E-state index >= 15 is 0 Å². The molecule has 0 bridgehead atoms. The highest BCUT2D eigenvalue weighted by Crippen LogP contribution is 2.55. The van der Waals surface area contributed by atoms with Gasteiger partial charge in [-0.3, -0.25) is 4.79 Å². The largest absolute Gasteiger partial charge is 0.381 e. The Bertz CT molecular complexity index is 704. The first-order chi connectivity index (χ1) is 11.2. The van der Waals surface area contributed by atoms with E-state index in [1.807, 2.05) is 23.1 Å². The van der Waals surface area contributed by atoms with Gasteiger partial charge in [0.2, 0.25) is 0 Å². The Morgan fingerprint density at radius 2 is 2.00 bits per heavy atom. The molecule has 2 aliphatic heterocycles. The summed E-state index contributed by atoms with van der Waals surface area (Å²) in [5, 5.41) is 3.89. The lowest BCUT2D eigenvalue weighted by molar-refractivity contribution is -0.115. The number of hydrogen-bond donors (Lipinski definition) is 0. The third-order valence-corrected chi connectivity index (χ3v) is 5.09. The molecule has 4 rings (SSSR count). The zero-order valence-corrected chi connectivity index (χ0v) is 13.2. The molecule has 23 heavy (non-hydrogen) atoms. The molecule has 1 atom stereocenters. The van der Waals surface area contributed by atoms with Crippen LogP contribution in [0.3, 0.4) is 0 Å². The maximum absolute atomic E-state index is 12.8. The fourth-order valence-electron chi connectivity index (χ4n) is 3.92.